The Morgan fingerprint density at radius 2 is 1.79 bits per heavy atom. The number of nitrogens with zero attached hydrogens (tertiary/aromatic N) is 1. The van der Waals surface area contributed by atoms with Gasteiger partial charge in [0.2, 0.25) is 0 Å². The molecule has 0 saturated heterocycles. The molecule has 0 radical (unpaired) electrons. The fraction of sp³-hybridized carbons (Fsp3) is 0.250. The Morgan fingerprint density at radius 1 is 1.03 bits per heavy atom. The van der Waals surface area contributed by atoms with Crippen LogP contribution in [0.25, 0.3) is 11.3 Å². The number of ether oxygens (including phenoxy) is 2. The predicted octanol–water partition coefficient (Wildman–Crippen LogP) is 5.03. The molecular formula is C24H25NO4. The highest BCUT2D eigenvalue weighted by atomic mass is 16.5. The molecule has 1 aromatic heterocycles. The Kier molecular flexibility index (Phi) is 6.50. The summed E-state index contributed by atoms with van der Waals surface area (Å²) in [4.78, 5) is 16.4. The highest BCUT2D eigenvalue weighted by Crippen LogP contribution is 2.34. The number of carboxylic acid groups (broad SMARTS) is 1. The van der Waals surface area contributed by atoms with Crippen LogP contribution in [0.5, 0.6) is 11.5 Å². The highest BCUT2D eigenvalue weighted by molar-refractivity contribution is 5.89. The number of methoxy groups -OCH3 is 1. The molecular weight excluding hydrogens is 366 g/mol. The molecule has 1 heterocycles. The van der Waals surface area contributed by atoms with Crippen LogP contribution in [-0.2, 0) is 12.8 Å². The number of hydrogen-bond acceptors (Lipinski definition) is 4. The van der Waals surface area contributed by atoms with E-state index in [4.69, 9.17) is 14.5 Å². The number of pyridine rings is 1. The molecule has 29 heavy (non-hydrogen) atoms. The number of aryl methyl sites for hydroxylation is 2. The molecule has 3 aromatic rings. The zero-order valence-corrected chi connectivity index (χ0v) is 16.9. The summed E-state index contributed by atoms with van der Waals surface area (Å²) in [5.74, 6) is 0.396. The van der Waals surface area contributed by atoms with Gasteiger partial charge in [-0.3, -0.25) is 4.98 Å². The molecule has 150 valence electrons. The molecule has 5 nitrogen and oxygen atoms in total. The lowest BCUT2D eigenvalue weighted by Gasteiger charge is -2.16. The summed E-state index contributed by atoms with van der Waals surface area (Å²) in [5, 5.41) is 9.60. The van der Waals surface area contributed by atoms with Crippen molar-refractivity contribution in [1.82, 2.24) is 4.98 Å². The van der Waals surface area contributed by atoms with Crippen molar-refractivity contribution in [1.29, 1.82) is 0 Å². The first-order valence-corrected chi connectivity index (χ1v) is 9.60. The molecule has 0 spiro atoms. The first kappa shape index (κ1) is 20.4. The van der Waals surface area contributed by atoms with Crippen LogP contribution in [-0.4, -0.2) is 29.3 Å². The first-order valence-electron chi connectivity index (χ1n) is 9.60. The minimum atomic E-state index is -0.976. The molecule has 0 unspecified atom stereocenters. The molecule has 0 atom stereocenters. The summed E-state index contributed by atoms with van der Waals surface area (Å²) in [5.41, 5.74) is 3.35. The number of benzene rings is 2. The largest absolute Gasteiger partial charge is 0.497 e. The Balaban J connectivity index is 2.01. The lowest BCUT2D eigenvalue weighted by molar-refractivity contribution is 0.0695. The molecule has 0 bridgehead atoms. The average molecular weight is 391 g/mol. The first-order chi connectivity index (χ1) is 14.0. The van der Waals surface area contributed by atoms with Crippen molar-refractivity contribution in [2.24, 2.45) is 0 Å². The number of rotatable bonds is 8. The third kappa shape index (κ3) is 5.13. The minimum absolute atomic E-state index is 0.00186. The third-order valence-electron chi connectivity index (χ3n) is 4.52. The third-order valence-corrected chi connectivity index (χ3v) is 4.52. The van der Waals surface area contributed by atoms with E-state index in [0.717, 1.165) is 11.1 Å². The van der Waals surface area contributed by atoms with Crippen LogP contribution in [0.15, 0.2) is 60.7 Å². The maximum Gasteiger partial charge on any atom is 0.337 e. The smallest absolute Gasteiger partial charge is 0.337 e. The van der Waals surface area contributed by atoms with Crippen LogP contribution >= 0.6 is 0 Å². The molecule has 0 aliphatic heterocycles. The summed E-state index contributed by atoms with van der Waals surface area (Å²) in [6.45, 7) is 3.92. The summed E-state index contributed by atoms with van der Waals surface area (Å²) in [7, 11) is 1.61. The van der Waals surface area contributed by atoms with Gasteiger partial charge < -0.3 is 14.6 Å². The average Bonchev–Trinajstić information content (AvgIpc) is 2.72. The summed E-state index contributed by atoms with van der Waals surface area (Å²) in [6, 6.07) is 18.9. The van der Waals surface area contributed by atoms with Crippen molar-refractivity contribution < 1.29 is 19.4 Å². The summed E-state index contributed by atoms with van der Waals surface area (Å²) >= 11 is 0. The van der Waals surface area contributed by atoms with Gasteiger partial charge >= 0.3 is 5.97 Å². The van der Waals surface area contributed by atoms with Gasteiger partial charge in [-0.15, -0.1) is 0 Å². The van der Waals surface area contributed by atoms with Gasteiger partial charge in [0.15, 0.2) is 0 Å². The van der Waals surface area contributed by atoms with E-state index in [1.54, 1.807) is 19.2 Å². The van der Waals surface area contributed by atoms with Gasteiger partial charge in [0.1, 0.15) is 11.5 Å². The molecule has 0 saturated carbocycles. The Hall–Kier alpha value is -3.34. The molecule has 3 rings (SSSR count). The number of carbonyl (C=O) groups is 1. The van der Waals surface area contributed by atoms with Crippen LogP contribution in [0.1, 0.15) is 35.5 Å². The molecule has 0 aliphatic rings. The van der Waals surface area contributed by atoms with Crippen molar-refractivity contribution in [3.05, 3.63) is 77.5 Å². The van der Waals surface area contributed by atoms with Gasteiger partial charge in [0, 0.05) is 5.56 Å². The van der Waals surface area contributed by atoms with Gasteiger partial charge in [-0.1, -0.05) is 30.3 Å². The van der Waals surface area contributed by atoms with E-state index in [1.165, 1.54) is 0 Å². The monoisotopic (exact) mass is 391 g/mol. The van der Waals surface area contributed by atoms with Crippen LogP contribution in [0, 0.1) is 0 Å². The SMILES string of the molecule is COc1ccc(OC(C)C)c(-c2ccc(C(=O)O)c(CCc3ccccc3)n2)c1. The molecule has 0 aliphatic carbocycles. The van der Waals surface area contributed by atoms with E-state index in [9.17, 15) is 9.90 Å². The summed E-state index contributed by atoms with van der Waals surface area (Å²) in [6.07, 6.45) is 1.24. The Labute approximate surface area is 171 Å². The van der Waals surface area contributed by atoms with Crippen molar-refractivity contribution in [2.45, 2.75) is 32.8 Å². The van der Waals surface area contributed by atoms with E-state index in [0.29, 0.717) is 35.7 Å². The van der Waals surface area contributed by atoms with E-state index in [2.05, 4.69) is 0 Å². The second-order valence-electron chi connectivity index (χ2n) is 7.01. The van der Waals surface area contributed by atoms with Gasteiger partial charge in [-0.2, -0.15) is 0 Å². The molecule has 5 heteroatoms. The van der Waals surface area contributed by atoms with Crippen LogP contribution < -0.4 is 9.47 Å². The van der Waals surface area contributed by atoms with Crippen LogP contribution in [0.3, 0.4) is 0 Å². The summed E-state index contributed by atoms with van der Waals surface area (Å²) < 4.78 is 11.3. The Morgan fingerprint density at radius 3 is 2.45 bits per heavy atom. The van der Waals surface area contributed by atoms with Gasteiger partial charge in [-0.05, 0) is 62.6 Å². The number of aromatic nitrogens is 1. The highest BCUT2D eigenvalue weighted by Gasteiger charge is 2.16. The lowest BCUT2D eigenvalue weighted by Crippen LogP contribution is -2.09. The van der Waals surface area contributed by atoms with Crippen LogP contribution in [0.2, 0.25) is 0 Å². The fourth-order valence-electron chi connectivity index (χ4n) is 3.14. The molecule has 1 N–H and O–H groups in total. The van der Waals surface area contributed by atoms with E-state index >= 15 is 0 Å². The topological polar surface area (TPSA) is 68.7 Å². The standard InChI is InChI=1S/C24H25NO4/c1-16(2)29-23-14-10-18(28-3)15-20(23)22-13-11-19(24(26)27)21(25-22)12-9-17-7-5-4-6-8-17/h4-8,10-11,13-16H,9,12H2,1-3H3,(H,26,27). The van der Waals surface area contributed by atoms with E-state index in [1.807, 2.05) is 62.4 Å². The quantitative estimate of drug-likeness (QED) is 0.583. The lowest BCUT2D eigenvalue weighted by atomic mass is 10.0. The maximum absolute atomic E-state index is 11.7. The number of carboxylic acids is 1. The number of aromatic carboxylic acids is 1. The molecule has 2 aromatic carbocycles. The Bertz CT molecular complexity index is 983. The van der Waals surface area contributed by atoms with E-state index in [-0.39, 0.29) is 11.7 Å². The second-order valence-corrected chi connectivity index (χ2v) is 7.01. The van der Waals surface area contributed by atoms with Crippen molar-refractivity contribution >= 4 is 5.97 Å². The zero-order valence-electron chi connectivity index (χ0n) is 16.9. The minimum Gasteiger partial charge on any atom is -0.497 e. The molecule has 0 fully saturated rings. The van der Waals surface area contributed by atoms with Crippen molar-refractivity contribution in [3.63, 3.8) is 0 Å². The maximum atomic E-state index is 11.7. The fourth-order valence-corrected chi connectivity index (χ4v) is 3.14. The van der Waals surface area contributed by atoms with Crippen molar-refractivity contribution in [3.8, 4) is 22.8 Å². The van der Waals surface area contributed by atoms with Crippen LogP contribution in [0.4, 0.5) is 0 Å². The van der Waals surface area contributed by atoms with E-state index < -0.39 is 5.97 Å². The molecule has 0 amide bonds. The van der Waals surface area contributed by atoms with Crippen molar-refractivity contribution in [2.75, 3.05) is 7.11 Å². The second kappa shape index (κ2) is 9.24. The van der Waals surface area contributed by atoms with Gasteiger partial charge in [-0.25, -0.2) is 4.79 Å². The number of hydrogen-bond donors (Lipinski definition) is 1. The normalized spacial score (nSPS) is 10.8. The zero-order chi connectivity index (χ0) is 20.8. The van der Waals surface area contributed by atoms with Gasteiger partial charge in [0.25, 0.3) is 0 Å². The van der Waals surface area contributed by atoms with Gasteiger partial charge in [0.05, 0.1) is 30.2 Å². The predicted molar refractivity (Wildman–Crippen MR) is 113 cm³/mol.